The van der Waals surface area contributed by atoms with Gasteiger partial charge in [-0.3, -0.25) is 4.79 Å². The Morgan fingerprint density at radius 1 is 1.26 bits per heavy atom. The van der Waals surface area contributed by atoms with Crippen LogP contribution in [0.4, 0.5) is 5.69 Å². The zero-order valence-electron chi connectivity index (χ0n) is 11.2. The van der Waals surface area contributed by atoms with E-state index in [4.69, 9.17) is 4.42 Å². The molecule has 0 radical (unpaired) electrons. The van der Waals surface area contributed by atoms with Crippen LogP contribution in [0.1, 0.15) is 35.9 Å². The summed E-state index contributed by atoms with van der Waals surface area (Å²) in [6.45, 7) is 5.13. The van der Waals surface area contributed by atoms with E-state index in [9.17, 15) is 4.79 Å². The fourth-order valence-electron chi connectivity index (χ4n) is 2.74. The summed E-state index contributed by atoms with van der Waals surface area (Å²) >= 11 is 0. The van der Waals surface area contributed by atoms with Crippen LogP contribution in [0.25, 0.3) is 0 Å². The number of fused-ring (bicyclic) bond motifs is 1. The van der Waals surface area contributed by atoms with Gasteiger partial charge in [-0.25, -0.2) is 0 Å². The number of benzene rings is 1. The zero-order valence-corrected chi connectivity index (χ0v) is 11.2. The van der Waals surface area contributed by atoms with Crippen molar-refractivity contribution in [1.82, 2.24) is 0 Å². The lowest BCUT2D eigenvalue weighted by Gasteiger charge is -2.17. The molecule has 1 aromatic carbocycles. The van der Waals surface area contributed by atoms with Crippen molar-refractivity contribution in [2.45, 2.75) is 19.8 Å². The molecule has 0 bridgehead atoms. The highest BCUT2D eigenvalue weighted by Gasteiger charge is 2.34. The zero-order chi connectivity index (χ0) is 13.4. The van der Waals surface area contributed by atoms with Gasteiger partial charge in [-0.05, 0) is 29.7 Å². The van der Waals surface area contributed by atoms with E-state index in [1.807, 2.05) is 23.1 Å². The SMILES string of the molecule is CC(C)C1CN(C(=O)c2ccco2)c2ccccc21. The fourth-order valence-corrected chi connectivity index (χ4v) is 2.74. The molecule has 0 saturated carbocycles. The van der Waals surface area contributed by atoms with E-state index in [0.717, 1.165) is 12.2 Å². The van der Waals surface area contributed by atoms with Crippen LogP contribution in [0.5, 0.6) is 0 Å². The summed E-state index contributed by atoms with van der Waals surface area (Å²) in [5.41, 5.74) is 2.28. The number of hydrogen-bond donors (Lipinski definition) is 0. The summed E-state index contributed by atoms with van der Waals surface area (Å²) in [7, 11) is 0. The van der Waals surface area contributed by atoms with Crippen LogP contribution in [0.3, 0.4) is 0 Å². The number of para-hydroxylation sites is 1. The van der Waals surface area contributed by atoms with Gasteiger partial charge in [0.15, 0.2) is 5.76 Å². The molecule has 2 heterocycles. The quantitative estimate of drug-likeness (QED) is 0.820. The van der Waals surface area contributed by atoms with E-state index in [2.05, 4.69) is 19.9 Å². The molecular weight excluding hydrogens is 238 g/mol. The van der Waals surface area contributed by atoms with Gasteiger partial charge in [-0.1, -0.05) is 32.0 Å². The van der Waals surface area contributed by atoms with Crippen LogP contribution in [-0.4, -0.2) is 12.5 Å². The molecule has 3 nitrogen and oxygen atoms in total. The van der Waals surface area contributed by atoms with Crippen molar-refractivity contribution in [2.75, 3.05) is 11.4 Å². The monoisotopic (exact) mass is 255 g/mol. The highest BCUT2D eigenvalue weighted by atomic mass is 16.3. The van der Waals surface area contributed by atoms with E-state index < -0.39 is 0 Å². The van der Waals surface area contributed by atoms with Crippen molar-refractivity contribution in [1.29, 1.82) is 0 Å². The van der Waals surface area contributed by atoms with Crippen LogP contribution in [-0.2, 0) is 0 Å². The van der Waals surface area contributed by atoms with Crippen LogP contribution in [0.15, 0.2) is 47.1 Å². The molecule has 2 aromatic rings. The molecule has 1 aliphatic heterocycles. The number of carbonyl (C=O) groups is 1. The lowest BCUT2D eigenvalue weighted by atomic mass is 9.90. The predicted molar refractivity (Wildman–Crippen MR) is 74.4 cm³/mol. The van der Waals surface area contributed by atoms with E-state index in [1.54, 1.807) is 12.1 Å². The Bertz CT molecular complexity index is 587. The van der Waals surface area contributed by atoms with Crippen molar-refractivity contribution < 1.29 is 9.21 Å². The van der Waals surface area contributed by atoms with Gasteiger partial charge in [0.2, 0.25) is 0 Å². The van der Waals surface area contributed by atoms with Gasteiger partial charge < -0.3 is 9.32 Å². The van der Waals surface area contributed by atoms with E-state index in [-0.39, 0.29) is 5.91 Å². The van der Waals surface area contributed by atoms with Crippen LogP contribution in [0.2, 0.25) is 0 Å². The maximum absolute atomic E-state index is 12.5. The summed E-state index contributed by atoms with van der Waals surface area (Å²) in [4.78, 5) is 14.3. The second kappa shape index (κ2) is 4.57. The Morgan fingerprint density at radius 2 is 2.05 bits per heavy atom. The predicted octanol–water partition coefficient (Wildman–Crippen LogP) is 3.68. The first kappa shape index (κ1) is 12.0. The number of amides is 1. The van der Waals surface area contributed by atoms with Crippen LogP contribution in [0, 0.1) is 5.92 Å². The Balaban J connectivity index is 1.99. The van der Waals surface area contributed by atoms with Crippen molar-refractivity contribution in [2.24, 2.45) is 5.92 Å². The average molecular weight is 255 g/mol. The van der Waals surface area contributed by atoms with Crippen molar-refractivity contribution >= 4 is 11.6 Å². The van der Waals surface area contributed by atoms with Gasteiger partial charge in [0.1, 0.15) is 0 Å². The summed E-state index contributed by atoms with van der Waals surface area (Å²) in [6.07, 6.45) is 1.54. The Morgan fingerprint density at radius 3 is 2.74 bits per heavy atom. The number of furan rings is 1. The van der Waals surface area contributed by atoms with E-state index in [0.29, 0.717) is 17.6 Å². The lowest BCUT2D eigenvalue weighted by molar-refractivity contribution is 0.0960. The maximum Gasteiger partial charge on any atom is 0.293 e. The normalized spacial score (nSPS) is 17.8. The standard InChI is InChI=1S/C16H17NO2/c1-11(2)13-10-17(14-7-4-3-6-12(13)14)16(18)15-8-5-9-19-15/h3-9,11,13H,10H2,1-2H3. The fraction of sp³-hybridized carbons (Fsp3) is 0.312. The molecule has 1 aromatic heterocycles. The molecule has 0 N–H and O–H groups in total. The van der Waals surface area contributed by atoms with Crippen molar-refractivity contribution in [3.05, 3.63) is 54.0 Å². The van der Waals surface area contributed by atoms with Gasteiger partial charge in [0, 0.05) is 18.2 Å². The number of rotatable bonds is 2. The molecule has 3 rings (SSSR count). The number of hydrogen-bond acceptors (Lipinski definition) is 2. The van der Waals surface area contributed by atoms with Gasteiger partial charge >= 0.3 is 0 Å². The van der Waals surface area contributed by atoms with Crippen LogP contribution < -0.4 is 4.90 Å². The Hall–Kier alpha value is -2.03. The molecular formula is C16H17NO2. The van der Waals surface area contributed by atoms with Gasteiger partial charge in [-0.15, -0.1) is 0 Å². The molecule has 19 heavy (non-hydrogen) atoms. The van der Waals surface area contributed by atoms with Crippen LogP contribution >= 0.6 is 0 Å². The topological polar surface area (TPSA) is 33.5 Å². The van der Waals surface area contributed by atoms with Gasteiger partial charge in [0.25, 0.3) is 5.91 Å². The van der Waals surface area contributed by atoms with E-state index >= 15 is 0 Å². The molecule has 1 amide bonds. The third kappa shape index (κ3) is 1.95. The molecule has 98 valence electrons. The first-order valence-corrected chi connectivity index (χ1v) is 6.63. The second-order valence-electron chi connectivity index (χ2n) is 5.30. The summed E-state index contributed by atoms with van der Waals surface area (Å²) < 4.78 is 5.23. The molecule has 0 saturated heterocycles. The van der Waals surface area contributed by atoms with Gasteiger partial charge in [-0.2, -0.15) is 0 Å². The number of nitrogens with zero attached hydrogens (tertiary/aromatic N) is 1. The highest BCUT2D eigenvalue weighted by molar-refractivity contribution is 6.05. The molecule has 1 atom stereocenters. The molecule has 1 unspecified atom stereocenters. The number of carbonyl (C=O) groups excluding carboxylic acids is 1. The highest BCUT2D eigenvalue weighted by Crippen LogP contribution is 2.40. The largest absolute Gasteiger partial charge is 0.459 e. The first-order valence-electron chi connectivity index (χ1n) is 6.63. The molecule has 0 fully saturated rings. The summed E-state index contributed by atoms with van der Waals surface area (Å²) in [6, 6.07) is 11.6. The molecule has 1 aliphatic rings. The minimum Gasteiger partial charge on any atom is -0.459 e. The third-order valence-electron chi connectivity index (χ3n) is 3.79. The third-order valence-corrected chi connectivity index (χ3v) is 3.79. The smallest absolute Gasteiger partial charge is 0.293 e. The average Bonchev–Trinajstić information content (AvgIpc) is 3.05. The van der Waals surface area contributed by atoms with Gasteiger partial charge in [0.05, 0.1) is 6.26 Å². The first-order chi connectivity index (χ1) is 9.18. The second-order valence-corrected chi connectivity index (χ2v) is 5.30. The van der Waals surface area contributed by atoms with Crippen molar-refractivity contribution in [3.8, 4) is 0 Å². The van der Waals surface area contributed by atoms with Crippen molar-refractivity contribution in [3.63, 3.8) is 0 Å². The molecule has 3 heteroatoms. The lowest BCUT2D eigenvalue weighted by Crippen LogP contribution is -2.30. The molecule has 0 spiro atoms. The van der Waals surface area contributed by atoms with E-state index in [1.165, 1.54) is 11.8 Å². The Kier molecular flexibility index (Phi) is 2.90. The number of anilines is 1. The molecule has 0 aliphatic carbocycles. The minimum atomic E-state index is -0.0550. The maximum atomic E-state index is 12.5. The summed E-state index contributed by atoms with van der Waals surface area (Å²) in [5, 5.41) is 0. The Labute approximate surface area is 112 Å². The summed E-state index contributed by atoms with van der Waals surface area (Å²) in [5.74, 6) is 1.26. The minimum absolute atomic E-state index is 0.0550.